The number of nitrogens with two attached hydrogens (primary N) is 1. The summed E-state index contributed by atoms with van der Waals surface area (Å²) in [4.78, 5) is 1.41. The number of benzene rings is 1. The maximum atomic E-state index is 5.82. The summed E-state index contributed by atoms with van der Waals surface area (Å²) in [5.41, 5.74) is 7.70. The van der Waals surface area contributed by atoms with Gasteiger partial charge in [0.15, 0.2) is 0 Å². The second-order valence-electron chi connectivity index (χ2n) is 4.88. The predicted octanol–water partition coefficient (Wildman–Crippen LogP) is 3.11. The molecule has 0 heterocycles. The smallest absolute Gasteiger partial charge is 0.0104 e. The number of rotatable bonds is 3. The van der Waals surface area contributed by atoms with Gasteiger partial charge in [-0.05, 0) is 41.7 Å². The van der Waals surface area contributed by atoms with Crippen LogP contribution in [0.3, 0.4) is 0 Å². The third-order valence-electron chi connectivity index (χ3n) is 3.78. The van der Waals surface area contributed by atoms with E-state index in [0.717, 1.165) is 6.54 Å². The molecule has 2 atom stereocenters. The van der Waals surface area contributed by atoms with Crippen LogP contribution in [-0.4, -0.2) is 12.8 Å². The summed E-state index contributed by atoms with van der Waals surface area (Å²) in [6.45, 7) is 5.46. The highest BCUT2D eigenvalue weighted by Crippen LogP contribution is 2.64. The molecule has 0 spiro atoms. The van der Waals surface area contributed by atoms with Gasteiger partial charge in [0.2, 0.25) is 0 Å². The SMILES string of the molecule is CSc1ccccc1C1C(CN)C1(C)C. The zero-order valence-corrected chi connectivity index (χ0v) is 10.5. The summed E-state index contributed by atoms with van der Waals surface area (Å²) >= 11 is 1.84. The fraction of sp³-hybridized carbons (Fsp3) is 0.538. The lowest BCUT2D eigenvalue weighted by Crippen LogP contribution is -2.05. The molecule has 2 unspecified atom stereocenters. The van der Waals surface area contributed by atoms with Crippen molar-refractivity contribution in [2.75, 3.05) is 12.8 Å². The molecule has 1 aliphatic rings. The van der Waals surface area contributed by atoms with Gasteiger partial charge in [-0.2, -0.15) is 0 Å². The molecule has 82 valence electrons. The van der Waals surface area contributed by atoms with Crippen molar-refractivity contribution < 1.29 is 0 Å². The van der Waals surface area contributed by atoms with Crippen LogP contribution in [0.2, 0.25) is 0 Å². The van der Waals surface area contributed by atoms with Crippen LogP contribution in [0.15, 0.2) is 29.2 Å². The van der Waals surface area contributed by atoms with Gasteiger partial charge in [0, 0.05) is 4.90 Å². The molecule has 0 bridgehead atoms. The molecule has 0 amide bonds. The molecular formula is C13H19NS. The Morgan fingerprint density at radius 3 is 2.53 bits per heavy atom. The fourth-order valence-electron chi connectivity index (χ4n) is 2.72. The molecule has 0 radical (unpaired) electrons. The topological polar surface area (TPSA) is 26.0 Å². The molecule has 2 heteroatoms. The Morgan fingerprint density at radius 2 is 2.00 bits per heavy atom. The van der Waals surface area contributed by atoms with Crippen molar-refractivity contribution in [2.45, 2.75) is 24.7 Å². The first-order valence-corrected chi connectivity index (χ1v) is 6.68. The molecule has 1 aliphatic carbocycles. The lowest BCUT2D eigenvalue weighted by Gasteiger charge is -2.08. The molecule has 0 aromatic heterocycles. The Labute approximate surface area is 96.4 Å². The van der Waals surface area contributed by atoms with Crippen molar-refractivity contribution in [3.63, 3.8) is 0 Å². The summed E-state index contributed by atoms with van der Waals surface area (Å²) < 4.78 is 0. The quantitative estimate of drug-likeness (QED) is 0.794. The van der Waals surface area contributed by atoms with Gasteiger partial charge in [0.05, 0.1) is 0 Å². The molecule has 1 nitrogen and oxygen atoms in total. The molecule has 1 aromatic carbocycles. The lowest BCUT2D eigenvalue weighted by molar-refractivity contribution is 0.558. The summed E-state index contributed by atoms with van der Waals surface area (Å²) in [6, 6.07) is 8.72. The van der Waals surface area contributed by atoms with E-state index in [2.05, 4.69) is 44.4 Å². The monoisotopic (exact) mass is 221 g/mol. The first-order chi connectivity index (χ1) is 7.12. The molecule has 0 aliphatic heterocycles. The Bertz CT molecular complexity index is 359. The van der Waals surface area contributed by atoms with Gasteiger partial charge >= 0.3 is 0 Å². The average molecular weight is 221 g/mol. The van der Waals surface area contributed by atoms with Crippen LogP contribution in [-0.2, 0) is 0 Å². The normalized spacial score (nSPS) is 27.7. The highest BCUT2D eigenvalue weighted by atomic mass is 32.2. The molecule has 15 heavy (non-hydrogen) atoms. The van der Waals surface area contributed by atoms with Crippen LogP contribution in [0.25, 0.3) is 0 Å². The first-order valence-electron chi connectivity index (χ1n) is 5.46. The van der Waals surface area contributed by atoms with Crippen molar-refractivity contribution in [3.05, 3.63) is 29.8 Å². The van der Waals surface area contributed by atoms with Crippen LogP contribution >= 0.6 is 11.8 Å². The van der Waals surface area contributed by atoms with E-state index in [1.54, 1.807) is 0 Å². The maximum absolute atomic E-state index is 5.82. The van der Waals surface area contributed by atoms with Crippen LogP contribution in [0, 0.1) is 11.3 Å². The van der Waals surface area contributed by atoms with Crippen LogP contribution < -0.4 is 5.73 Å². The predicted molar refractivity (Wildman–Crippen MR) is 67.3 cm³/mol. The van der Waals surface area contributed by atoms with Crippen LogP contribution in [0.5, 0.6) is 0 Å². The molecule has 2 N–H and O–H groups in total. The third kappa shape index (κ3) is 1.70. The largest absolute Gasteiger partial charge is 0.330 e. The zero-order chi connectivity index (χ0) is 11.1. The van der Waals surface area contributed by atoms with Gasteiger partial charge in [-0.3, -0.25) is 0 Å². The van der Waals surface area contributed by atoms with Gasteiger partial charge in [0.25, 0.3) is 0 Å². The van der Waals surface area contributed by atoms with Crippen molar-refractivity contribution in [2.24, 2.45) is 17.1 Å². The van der Waals surface area contributed by atoms with Gasteiger partial charge in [-0.15, -0.1) is 11.8 Å². The van der Waals surface area contributed by atoms with Gasteiger partial charge < -0.3 is 5.73 Å². The summed E-state index contributed by atoms with van der Waals surface area (Å²) in [5.74, 6) is 1.32. The third-order valence-corrected chi connectivity index (χ3v) is 4.59. The first kappa shape index (κ1) is 11.0. The standard InChI is InChI=1S/C13H19NS/c1-13(2)10(8-14)12(13)9-6-4-5-7-11(9)15-3/h4-7,10,12H,8,14H2,1-3H3. The summed E-state index contributed by atoms with van der Waals surface area (Å²) in [5, 5.41) is 0. The highest BCUT2D eigenvalue weighted by molar-refractivity contribution is 7.98. The average Bonchev–Trinajstić information content (AvgIpc) is 2.80. The maximum Gasteiger partial charge on any atom is 0.0104 e. The molecule has 1 saturated carbocycles. The van der Waals surface area contributed by atoms with E-state index in [4.69, 9.17) is 5.73 Å². The van der Waals surface area contributed by atoms with Crippen LogP contribution in [0.1, 0.15) is 25.3 Å². The van der Waals surface area contributed by atoms with E-state index in [1.165, 1.54) is 10.5 Å². The molecule has 2 rings (SSSR count). The van der Waals surface area contributed by atoms with E-state index >= 15 is 0 Å². The van der Waals surface area contributed by atoms with Gasteiger partial charge in [-0.25, -0.2) is 0 Å². The Balaban J connectivity index is 2.32. The lowest BCUT2D eigenvalue weighted by atomic mass is 10.0. The Morgan fingerprint density at radius 1 is 1.33 bits per heavy atom. The summed E-state index contributed by atoms with van der Waals surface area (Å²) in [7, 11) is 0. The molecular weight excluding hydrogens is 202 g/mol. The minimum Gasteiger partial charge on any atom is -0.330 e. The molecule has 0 saturated heterocycles. The minimum absolute atomic E-state index is 0.389. The van der Waals surface area contributed by atoms with Gasteiger partial charge in [-0.1, -0.05) is 32.0 Å². The minimum atomic E-state index is 0.389. The molecule has 1 fully saturated rings. The number of hydrogen-bond acceptors (Lipinski definition) is 2. The van der Waals surface area contributed by atoms with E-state index in [1.807, 2.05) is 11.8 Å². The van der Waals surface area contributed by atoms with E-state index in [9.17, 15) is 0 Å². The summed E-state index contributed by atoms with van der Waals surface area (Å²) in [6.07, 6.45) is 2.14. The second kappa shape index (κ2) is 3.84. The highest BCUT2D eigenvalue weighted by Gasteiger charge is 2.57. The van der Waals surface area contributed by atoms with Crippen molar-refractivity contribution in [1.29, 1.82) is 0 Å². The Hall–Kier alpha value is -0.470. The van der Waals surface area contributed by atoms with Gasteiger partial charge in [0.1, 0.15) is 0 Å². The number of thioether (sulfide) groups is 1. The Kier molecular flexibility index (Phi) is 2.82. The van der Waals surface area contributed by atoms with E-state index in [0.29, 0.717) is 17.3 Å². The zero-order valence-electron chi connectivity index (χ0n) is 9.66. The second-order valence-corrected chi connectivity index (χ2v) is 5.73. The van der Waals surface area contributed by atoms with Crippen LogP contribution in [0.4, 0.5) is 0 Å². The number of hydrogen-bond donors (Lipinski definition) is 1. The van der Waals surface area contributed by atoms with Crippen molar-refractivity contribution in [1.82, 2.24) is 0 Å². The van der Waals surface area contributed by atoms with Crippen molar-refractivity contribution >= 4 is 11.8 Å². The fourth-order valence-corrected chi connectivity index (χ4v) is 3.37. The van der Waals surface area contributed by atoms with E-state index in [-0.39, 0.29) is 0 Å². The van der Waals surface area contributed by atoms with Crippen molar-refractivity contribution in [3.8, 4) is 0 Å². The van der Waals surface area contributed by atoms with E-state index < -0.39 is 0 Å². The molecule has 1 aromatic rings.